The third kappa shape index (κ3) is 4.43. The van der Waals surface area contributed by atoms with E-state index in [1.807, 2.05) is 36.6 Å². The summed E-state index contributed by atoms with van der Waals surface area (Å²) in [6.07, 6.45) is 5.95. The molecule has 140 valence electrons. The molecule has 3 aromatic heterocycles. The Hall–Kier alpha value is -2.51. The summed E-state index contributed by atoms with van der Waals surface area (Å²) in [6, 6.07) is 7.84. The van der Waals surface area contributed by atoms with Crippen LogP contribution in [0.4, 0.5) is 10.9 Å². The first-order chi connectivity index (χ1) is 13.2. The van der Waals surface area contributed by atoms with Crippen LogP contribution in [0.3, 0.4) is 0 Å². The molecule has 3 aromatic rings. The standard InChI is InChI=1S/C20H23N5OS/c1-14-4-3-8-22-19(14)24-20-23-18(13-27-20)17-12-16(5-9-21-17)26-15-6-10-25(2)11-7-15/h3-5,8-9,12-13,15H,6-7,10-11H2,1-2H3,(H,22,23,24). The van der Waals surface area contributed by atoms with E-state index >= 15 is 0 Å². The van der Waals surface area contributed by atoms with Crippen LogP contribution >= 0.6 is 11.3 Å². The van der Waals surface area contributed by atoms with Crippen LogP contribution in [0.1, 0.15) is 18.4 Å². The number of anilines is 2. The smallest absolute Gasteiger partial charge is 0.188 e. The Morgan fingerprint density at radius 1 is 1.15 bits per heavy atom. The number of aryl methyl sites for hydroxylation is 1. The van der Waals surface area contributed by atoms with E-state index in [0.717, 1.165) is 59.6 Å². The maximum atomic E-state index is 6.17. The minimum Gasteiger partial charge on any atom is -0.490 e. The fourth-order valence-electron chi connectivity index (χ4n) is 3.09. The van der Waals surface area contributed by atoms with Crippen LogP contribution in [-0.4, -0.2) is 46.1 Å². The number of thiazole rings is 1. The monoisotopic (exact) mass is 381 g/mol. The molecule has 1 aliphatic rings. The van der Waals surface area contributed by atoms with Crippen LogP contribution in [-0.2, 0) is 0 Å². The highest BCUT2D eigenvalue weighted by Crippen LogP contribution is 2.28. The van der Waals surface area contributed by atoms with Crippen LogP contribution in [0.25, 0.3) is 11.4 Å². The van der Waals surface area contributed by atoms with E-state index in [1.54, 1.807) is 23.7 Å². The summed E-state index contributed by atoms with van der Waals surface area (Å²) in [7, 11) is 2.15. The fraction of sp³-hybridized carbons (Fsp3) is 0.350. The van der Waals surface area contributed by atoms with E-state index in [-0.39, 0.29) is 6.10 Å². The number of nitrogens with one attached hydrogen (secondary N) is 1. The molecule has 0 aliphatic carbocycles. The molecule has 4 rings (SSSR count). The summed E-state index contributed by atoms with van der Waals surface area (Å²) in [4.78, 5) is 15.8. The van der Waals surface area contributed by atoms with E-state index < -0.39 is 0 Å². The van der Waals surface area contributed by atoms with Gasteiger partial charge in [-0.05, 0) is 44.5 Å². The predicted octanol–water partition coefficient (Wildman–Crippen LogP) is 4.13. The van der Waals surface area contributed by atoms with Crippen molar-refractivity contribution in [2.75, 3.05) is 25.5 Å². The lowest BCUT2D eigenvalue weighted by Crippen LogP contribution is -2.35. The Balaban J connectivity index is 1.46. The molecule has 0 saturated carbocycles. The highest BCUT2D eigenvalue weighted by Gasteiger charge is 2.18. The minimum absolute atomic E-state index is 0.274. The van der Waals surface area contributed by atoms with Gasteiger partial charge in [-0.15, -0.1) is 11.3 Å². The van der Waals surface area contributed by atoms with Gasteiger partial charge in [0.2, 0.25) is 0 Å². The Kier molecular flexibility index (Phi) is 5.31. The average Bonchev–Trinajstić information content (AvgIpc) is 3.14. The molecule has 27 heavy (non-hydrogen) atoms. The first-order valence-electron chi connectivity index (χ1n) is 9.13. The number of rotatable bonds is 5. The maximum absolute atomic E-state index is 6.17. The van der Waals surface area contributed by atoms with Gasteiger partial charge < -0.3 is 15.0 Å². The van der Waals surface area contributed by atoms with Gasteiger partial charge in [0, 0.05) is 36.9 Å². The van der Waals surface area contributed by atoms with Gasteiger partial charge in [0.1, 0.15) is 23.4 Å². The molecule has 1 aliphatic heterocycles. The molecule has 1 saturated heterocycles. The highest BCUT2D eigenvalue weighted by atomic mass is 32.1. The SMILES string of the molecule is Cc1cccnc1Nc1nc(-c2cc(OC3CCN(C)CC3)ccn2)cs1. The van der Waals surface area contributed by atoms with Gasteiger partial charge in [0.05, 0.1) is 5.69 Å². The lowest BCUT2D eigenvalue weighted by atomic mass is 10.1. The molecular formula is C20H23N5OS. The van der Waals surface area contributed by atoms with Crippen LogP contribution in [0.15, 0.2) is 42.0 Å². The zero-order chi connectivity index (χ0) is 18.6. The summed E-state index contributed by atoms with van der Waals surface area (Å²) in [6.45, 7) is 4.18. The predicted molar refractivity (Wildman–Crippen MR) is 109 cm³/mol. The topological polar surface area (TPSA) is 63.2 Å². The fourth-order valence-corrected chi connectivity index (χ4v) is 3.79. The molecule has 0 spiro atoms. The van der Waals surface area contributed by atoms with Gasteiger partial charge in [-0.25, -0.2) is 9.97 Å². The van der Waals surface area contributed by atoms with Gasteiger partial charge in [0.25, 0.3) is 0 Å². The van der Waals surface area contributed by atoms with Gasteiger partial charge in [-0.2, -0.15) is 0 Å². The van der Waals surface area contributed by atoms with Crippen molar-refractivity contribution >= 4 is 22.3 Å². The van der Waals surface area contributed by atoms with E-state index in [0.29, 0.717) is 0 Å². The van der Waals surface area contributed by atoms with Crippen LogP contribution < -0.4 is 10.1 Å². The summed E-state index contributed by atoms with van der Waals surface area (Å²) >= 11 is 1.54. The second-order valence-corrected chi connectivity index (χ2v) is 7.69. The summed E-state index contributed by atoms with van der Waals surface area (Å²) < 4.78 is 6.17. The molecule has 0 radical (unpaired) electrons. The van der Waals surface area contributed by atoms with Crippen molar-refractivity contribution in [3.63, 3.8) is 0 Å². The molecule has 0 aromatic carbocycles. The van der Waals surface area contributed by atoms with Crippen molar-refractivity contribution in [3.05, 3.63) is 47.6 Å². The lowest BCUT2D eigenvalue weighted by Gasteiger charge is -2.29. The summed E-state index contributed by atoms with van der Waals surface area (Å²) in [5, 5.41) is 6.08. The number of nitrogens with zero attached hydrogens (tertiary/aromatic N) is 4. The minimum atomic E-state index is 0.274. The van der Waals surface area contributed by atoms with E-state index in [4.69, 9.17) is 4.74 Å². The van der Waals surface area contributed by atoms with Crippen LogP contribution in [0, 0.1) is 6.92 Å². The average molecular weight is 382 g/mol. The largest absolute Gasteiger partial charge is 0.490 e. The number of aromatic nitrogens is 3. The molecule has 0 amide bonds. The van der Waals surface area contributed by atoms with Crippen molar-refractivity contribution in [1.82, 2.24) is 19.9 Å². The Morgan fingerprint density at radius 2 is 2.00 bits per heavy atom. The molecule has 1 N–H and O–H groups in total. The molecule has 0 unspecified atom stereocenters. The normalized spacial score (nSPS) is 15.6. The number of ether oxygens (including phenoxy) is 1. The van der Waals surface area contributed by atoms with Crippen LogP contribution in [0.5, 0.6) is 5.75 Å². The molecule has 6 nitrogen and oxygen atoms in total. The van der Waals surface area contributed by atoms with Gasteiger partial charge in [0.15, 0.2) is 5.13 Å². The molecule has 4 heterocycles. The third-order valence-electron chi connectivity index (χ3n) is 4.70. The van der Waals surface area contributed by atoms with Crippen molar-refractivity contribution < 1.29 is 4.74 Å². The molecule has 1 fully saturated rings. The summed E-state index contributed by atoms with van der Waals surface area (Å²) in [5.41, 5.74) is 2.74. The Labute approximate surface area is 163 Å². The lowest BCUT2D eigenvalue weighted by molar-refractivity contribution is 0.114. The van der Waals surface area contributed by atoms with Crippen molar-refractivity contribution in [2.24, 2.45) is 0 Å². The summed E-state index contributed by atoms with van der Waals surface area (Å²) in [5.74, 6) is 1.68. The second kappa shape index (κ2) is 8.02. The van der Waals surface area contributed by atoms with E-state index in [1.165, 1.54) is 0 Å². The number of hydrogen-bond acceptors (Lipinski definition) is 7. The first-order valence-corrected chi connectivity index (χ1v) is 10.0. The molecular weight excluding hydrogens is 358 g/mol. The van der Waals surface area contributed by atoms with Gasteiger partial charge in [-0.3, -0.25) is 4.98 Å². The Morgan fingerprint density at radius 3 is 2.81 bits per heavy atom. The van der Waals surface area contributed by atoms with Gasteiger partial charge in [-0.1, -0.05) is 6.07 Å². The molecule has 0 bridgehead atoms. The number of piperidine rings is 1. The third-order valence-corrected chi connectivity index (χ3v) is 5.46. The quantitative estimate of drug-likeness (QED) is 0.717. The maximum Gasteiger partial charge on any atom is 0.188 e. The van der Waals surface area contributed by atoms with Gasteiger partial charge >= 0.3 is 0 Å². The zero-order valence-electron chi connectivity index (χ0n) is 15.6. The van der Waals surface area contributed by atoms with E-state index in [2.05, 4.69) is 32.2 Å². The van der Waals surface area contributed by atoms with Crippen LogP contribution in [0.2, 0.25) is 0 Å². The zero-order valence-corrected chi connectivity index (χ0v) is 16.4. The number of hydrogen-bond donors (Lipinski definition) is 1. The van der Waals surface area contributed by atoms with E-state index in [9.17, 15) is 0 Å². The Bertz CT molecular complexity index is 905. The molecule has 7 heteroatoms. The number of pyridine rings is 2. The molecule has 0 atom stereocenters. The first kappa shape index (κ1) is 17.9. The highest BCUT2D eigenvalue weighted by molar-refractivity contribution is 7.14. The second-order valence-electron chi connectivity index (χ2n) is 6.83. The van der Waals surface area contributed by atoms with Crippen molar-refractivity contribution in [2.45, 2.75) is 25.9 Å². The van der Waals surface area contributed by atoms with Crippen molar-refractivity contribution in [1.29, 1.82) is 0 Å². The van der Waals surface area contributed by atoms with Crippen molar-refractivity contribution in [3.8, 4) is 17.1 Å². The number of likely N-dealkylation sites (tertiary alicyclic amines) is 1.